The SMILES string of the molecule is Cc1ccc(-c2nnc(CNC(=O)C(=O)CCCCCc3ccc(-c4ccccc4)cc3)o2)cc1. The molecular weight excluding hydrogens is 438 g/mol. The van der Waals surface area contributed by atoms with E-state index in [0.29, 0.717) is 12.3 Å². The third-order valence-corrected chi connectivity index (χ3v) is 5.85. The Morgan fingerprint density at radius 1 is 0.771 bits per heavy atom. The lowest BCUT2D eigenvalue weighted by molar-refractivity contribution is -0.138. The van der Waals surface area contributed by atoms with E-state index in [1.807, 2.05) is 49.4 Å². The number of rotatable bonds is 11. The molecule has 0 aliphatic rings. The summed E-state index contributed by atoms with van der Waals surface area (Å²) in [5, 5.41) is 10.5. The van der Waals surface area contributed by atoms with Gasteiger partial charge in [-0.15, -0.1) is 10.2 Å². The summed E-state index contributed by atoms with van der Waals surface area (Å²) in [5.41, 5.74) is 5.64. The Labute approximate surface area is 205 Å². The molecule has 3 aromatic carbocycles. The summed E-state index contributed by atoms with van der Waals surface area (Å²) >= 11 is 0. The summed E-state index contributed by atoms with van der Waals surface area (Å²) in [4.78, 5) is 24.3. The van der Waals surface area contributed by atoms with E-state index >= 15 is 0 Å². The number of Topliss-reactive ketones (excluding diaryl/α,β-unsaturated/α-hetero) is 1. The molecule has 0 radical (unpaired) electrons. The molecule has 0 spiro atoms. The number of aryl methyl sites for hydroxylation is 2. The van der Waals surface area contributed by atoms with Crippen LogP contribution in [0.5, 0.6) is 0 Å². The summed E-state index contributed by atoms with van der Waals surface area (Å²) in [6.07, 6.45) is 3.74. The first-order valence-electron chi connectivity index (χ1n) is 11.9. The fourth-order valence-corrected chi connectivity index (χ4v) is 3.79. The minimum absolute atomic E-state index is 0.0302. The summed E-state index contributed by atoms with van der Waals surface area (Å²) in [6.45, 7) is 2.03. The Kier molecular flexibility index (Phi) is 8.17. The standard InChI is InChI=1S/C29H29N3O3/c1-21-12-16-25(17-13-21)29-32-31-27(35-29)20-30-28(34)26(33)11-7-2-4-8-22-14-18-24(19-15-22)23-9-5-3-6-10-23/h3,5-6,9-10,12-19H,2,4,7-8,11,20H2,1H3,(H,30,34). The van der Waals surface area contributed by atoms with Gasteiger partial charge in [-0.25, -0.2) is 0 Å². The van der Waals surface area contributed by atoms with Gasteiger partial charge in [0.2, 0.25) is 17.6 Å². The van der Waals surface area contributed by atoms with Crippen molar-refractivity contribution in [3.63, 3.8) is 0 Å². The molecule has 1 aromatic heterocycles. The van der Waals surface area contributed by atoms with Gasteiger partial charge < -0.3 is 9.73 Å². The zero-order chi connectivity index (χ0) is 24.5. The van der Waals surface area contributed by atoms with Crippen LogP contribution in [0.15, 0.2) is 83.3 Å². The predicted octanol–water partition coefficient (Wildman–Crippen LogP) is 5.70. The molecule has 0 bridgehead atoms. The number of nitrogens with zero attached hydrogens (tertiary/aromatic N) is 2. The van der Waals surface area contributed by atoms with Gasteiger partial charge in [-0.05, 0) is 55.0 Å². The molecule has 1 N–H and O–H groups in total. The van der Waals surface area contributed by atoms with Gasteiger partial charge in [0.1, 0.15) is 0 Å². The summed E-state index contributed by atoms with van der Waals surface area (Å²) in [7, 11) is 0. The van der Waals surface area contributed by atoms with Crippen LogP contribution in [0, 0.1) is 6.92 Å². The maximum Gasteiger partial charge on any atom is 0.287 e. The van der Waals surface area contributed by atoms with E-state index in [2.05, 4.69) is 51.9 Å². The number of ketones is 1. The third kappa shape index (κ3) is 6.96. The molecule has 4 aromatic rings. The Morgan fingerprint density at radius 2 is 1.46 bits per heavy atom. The Morgan fingerprint density at radius 3 is 2.20 bits per heavy atom. The highest BCUT2D eigenvalue weighted by atomic mass is 16.4. The van der Waals surface area contributed by atoms with Crippen LogP contribution in [0.1, 0.15) is 42.7 Å². The molecule has 0 aliphatic heterocycles. The van der Waals surface area contributed by atoms with E-state index in [4.69, 9.17) is 4.42 Å². The lowest BCUT2D eigenvalue weighted by Gasteiger charge is -2.05. The molecule has 0 aliphatic carbocycles. The highest BCUT2D eigenvalue weighted by Crippen LogP contribution is 2.20. The number of benzene rings is 3. The number of nitrogens with one attached hydrogen (secondary N) is 1. The maximum atomic E-state index is 12.1. The lowest BCUT2D eigenvalue weighted by atomic mass is 10.0. The topological polar surface area (TPSA) is 85.1 Å². The average Bonchev–Trinajstić information content (AvgIpc) is 3.37. The molecular formula is C29H29N3O3. The second-order valence-electron chi connectivity index (χ2n) is 8.60. The van der Waals surface area contributed by atoms with Gasteiger partial charge in [0.15, 0.2) is 0 Å². The lowest BCUT2D eigenvalue weighted by Crippen LogP contribution is -2.30. The van der Waals surface area contributed by atoms with Crippen LogP contribution in [0.3, 0.4) is 0 Å². The molecule has 0 saturated carbocycles. The number of carbonyl (C=O) groups excluding carboxylic acids is 2. The van der Waals surface area contributed by atoms with Gasteiger partial charge in [-0.1, -0.05) is 78.7 Å². The van der Waals surface area contributed by atoms with Crippen molar-refractivity contribution in [3.8, 4) is 22.6 Å². The van der Waals surface area contributed by atoms with Crippen molar-refractivity contribution in [1.29, 1.82) is 0 Å². The number of hydrogen-bond donors (Lipinski definition) is 1. The van der Waals surface area contributed by atoms with Crippen molar-refractivity contribution in [2.24, 2.45) is 0 Å². The first kappa shape index (κ1) is 24.1. The first-order chi connectivity index (χ1) is 17.1. The van der Waals surface area contributed by atoms with Crippen molar-refractivity contribution in [1.82, 2.24) is 15.5 Å². The zero-order valence-corrected chi connectivity index (χ0v) is 19.9. The second kappa shape index (κ2) is 11.9. The molecule has 1 heterocycles. The van der Waals surface area contributed by atoms with E-state index in [1.54, 1.807) is 0 Å². The molecule has 0 saturated heterocycles. The quantitative estimate of drug-likeness (QED) is 0.226. The molecule has 0 fully saturated rings. The highest BCUT2D eigenvalue weighted by molar-refractivity contribution is 6.36. The van der Waals surface area contributed by atoms with Gasteiger partial charge in [-0.3, -0.25) is 9.59 Å². The van der Waals surface area contributed by atoms with Crippen LogP contribution in [0.4, 0.5) is 0 Å². The molecule has 4 rings (SSSR count). The monoisotopic (exact) mass is 467 g/mol. The second-order valence-corrected chi connectivity index (χ2v) is 8.60. The fourth-order valence-electron chi connectivity index (χ4n) is 3.79. The smallest absolute Gasteiger partial charge is 0.287 e. The van der Waals surface area contributed by atoms with Gasteiger partial charge in [0, 0.05) is 12.0 Å². The van der Waals surface area contributed by atoms with Gasteiger partial charge in [0.25, 0.3) is 5.91 Å². The van der Waals surface area contributed by atoms with Crippen LogP contribution < -0.4 is 5.32 Å². The first-order valence-corrected chi connectivity index (χ1v) is 11.9. The van der Waals surface area contributed by atoms with Crippen molar-refractivity contribution < 1.29 is 14.0 Å². The zero-order valence-electron chi connectivity index (χ0n) is 19.9. The normalized spacial score (nSPS) is 10.8. The minimum Gasteiger partial charge on any atom is -0.419 e. The van der Waals surface area contributed by atoms with Crippen LogP contribution in [0.25, 0.3) is 22.6 Å². The van der Waals surface area contributed by atoms with Crippen LogP contribution in [0.2, 0.25) is 0 Å². The number of carbonyl (C=O) groups is 2. The molecule has 0 unspecified atom stereocenters. The summed E-state index contributed by atoms with van der Waals surface area (Å²) < 4.78 is 5.58. The van der Waals surface area contributed by atoms with Crippen LogP contribution >= 0.6 is 0 Å². The van der Waals surface area contributed by atoms with Gasteiger partial charge >= 0.3 is 0 Å². The summed E-state index contributed by atoms with van der Waals surface area (Å²) in [5.74, 6) is -0.387. The third-order valence-electron chi connectivity index (χ3n) is 5.85. The highest BCUT2D eigenvalue weighted by Gasteiger charge is 2.15. The number of hydrogen-bond acceptors (Lipinski definition) is 5. The molecule has 1 amide bonds. The van der Waals surface area contributed by atoms with Crippen LogP contribution in [-0.4, -0.2) is 21.9 Å². The van der Waals surface area contributed by atoms with Crippen molar-refractivity contribution >= 4 is 11.7 Å². The predicted molar refractivity (Wildman–Crippen MR) is 135 cm³/mol. The number of unbranched alkanes of at least 4 members (excludes halogenated alkanes) is 2. The molecule has 35 heavy (non-hydrogen) atoms. The van der Waals surface area contributed by atoms with Crippen LogP contribution in [-0.2, 0) is 22.6 Å². The van der Waals surface area contributed by atoms with Crippen molar-refractivity contribution in [2.75, 3.05) is 0 Å². The van der Waals surface area contributed by atoms with Crippen molar-refractivity contribution in [3.05, 3.63) is 95.9 Å². The largest absolute Gasteiger partial charge is 0.419 e. The van der Waals surface area contributed by atoms with E-state index in [9.17, 15) is 9.59 Å². The number of amides is 1. The Bertz CT molecular complexity index is 1250. The number of aromatic nitrogens is 2. The van der Waals surface area contributed by atoms with E-state index in [-0.39, 0.29) is 18.9 Å². The van der Waals surface area contributed by atoms with E-state index in [0.717, 1.165) is 30.4 Å². The average molecular weight is 468 g/mol. The molecule has 6 heteroatoms. The molecule has 6 nitrogen and oxygen atoms in total. The Hall–Kier alpha value is -4.06. The summed E-state index contributed by atoms with van der Waals surface area (Å²) in [6, 6.07) is 26.6. The van der Waals surface area contributed by atoms with Gasteiger partial charge in [0.05, 0.1) is 6.54 Å². The molecule has 0 atom stereocenters. The minimum atomic E-state index is -0.614. The fraction of sp³-hybridized carbons (Fsp3) is 0.241. The Balaban J connectivity index is 1.13. The molecule has 178 valence electrons. The van der Waals surface area contributed by atoms with E-state index in [1.165, 1.54) is 16.7 Å². The van der Waals surface area contributed by atoms with Crippen molar-refractivity contribution in [2.45, 2.75) is 45.6 Å². The maximum absolute atomic E-state index is 12.1. The van der Waals surface area contributed by atoms with E-state index < -0.39 is 11.7 Å². The van der Waals surface area contributed by atoms with Gasteiger partial charge in [-0.2, -0.15) is 0 Å².